The molecule has 1 aliphatic heterocycles. The maximum absolute atomic E-state index is 8.49. The van der Waals surface area contributed by atoms with Crippen LogP contribution in [0, 0.1) is 20.5 Å². The molecule has 0 radical (unpaired) electrons. The van der Waals surface area contributed by atoms with Gasteiger partial charge in [-0.1, -0.05) is 0 Å². The molecule has 1 saturated heterocycles. The van der Waals surface area contributed by atoms with Gasteiger partial charge in [0.05, 0.1) is 21.3 Å². The van der Waals surface area contributed by atoms with Crippen molar-refractivity contribution in [2.24, 2.45) is 0 Å². The summed E-state index contributed by atoms with van der Waals surface area (Å²) < 4.78 is 84.4. The molecule has 0 atom stereocenters. The van der Waals surface area contributed by atoms with Crippen LogP contribution in [0.25, 0.3) is 0 Å². The minimum Gasteiger partial charge on any atom is -0.493 e. The molecule has 1 aliphatic rings. The maximum atomic E-state index is 8.49. The Morgan fingerprint density at radius 1 is 0.658 bits per heavy atom. The summed E-state index contributed by atoms with van der Waals surface area (Å²) in [6, 6.07) is 4.09. The van der Waals surface area contributed by atoms with Crippen molar-refractivity contribution in [1.29, 1.82) is 0 Å². The van der Waals surface area contributed by atoms with E-state index in [2.05, 4.69) is 20.9 Å². The molecular formula is C20H36Cl2N4NiO11. The van der Waals surface area contributed by atoms with E-state index in [4.69, 9.17) is 51.5 Å². The minimum atomic E-state index is -4.94. The Balaban J connectivity index is 0. The predicted molar refractivity (Wildman–Crippen MR) is 109 cm³/mol. The van der Waals surface area contributed by atoms with Gasteiger partial charge in [-0.25, -0.2) is 37.3 Å². The fourth-order valence-electron chi connectivity index (χ4n) is 3.31. The summed E-state index contributed by atoms with van der Waals surface area (Å²) in [5.74, 6) is 2.06. The van der Waals surface area contributed by atoms with Crippen LogP contribution in [0.1, 0.15) is 18.4 Å². The van der Waals surface area contributed by atoms with Crippen LogP contribution in [-0.4, -0.2) is 78.6 Å². The third-order valence-electron chi connectivity index (χ3n) is 4.75. The van der Waals surface area contributed by atoms with Crippen molar-refractivity contribution in [3.8, 4) is 17.2 Å². The zero-order valence-corrected chi connectivity index (χ0v) is 23.9. The van der Waals surface area contributed by atoms with Crippen LogP contribution in [0.5, 0.6) is 17.2 Å². The molecule has 1 aromatic rings. The van der Waals surface area contributed by atoms with Crippen LogP contribution in [0.2, 0.25) is 0 Å². The number of benzene rings is 1. The molecule has 0 amide bonds. The molecule has 0 bridgehead atoms. The van der Waals surface area contributed by atoms with E-state index >= 15 is 0 Å². The Bertz CT molecular complexity index is 668. The zero-order chi connectivity index (χ0) is 28.3. The van der Waals surface area contributed by atoms with Crippen molar-refractivity contribution in [1.82, 2.24) is 20.9 Å². The van der Waals surface area contributed by atoms with Gasteiger partial charge in [-0.2, -0.15) is 0 Å². The summed E-state index contributed by atoms with van der Waals surface area (Å²) in [5.41, 5.74) is 1.17. The van der Waals surface area contributed by atoms with Gasteiger partial charge >= 0.3 is 16.5 Å². The molecule has 0 saturated carbocycles. The van der Waals surface area contributed by atoms with Crippen LogP contribution in [-0.2, 0) is 23.0 Å². The number of halogens is 2. The number of hydrogen-bond donors (Lipinski definition) is 3. The fourth-order valence-corrected chi connectivity index (χ4v) is 3.31. The van der Waals surface area contributed by atoms with Crippen molar-refractivity contribution < 1.29 is 88.5 Å². The molecule has 0 spiro atoms. The van der Waals surface area contributed by atoms with Crippen LogP contribution < -0.4 is 67.4 Å². The van der Waals surface area contributed by atoms with Crippen LogP contribution >= 0.6 is 0 Å². The van der Waals surface area contributed by atoms with Gasteiger partial charge < -0.3 is 30.2 Å². The molecule has 226 valence electrons. The van der Waals surface area contributed by atoms with Gasteiger partial charge in [0.2, 0.25) is 5.75 Å². The number of nitrogens with one attached hydrogen (secondary N) is 3. The largest absolute Gasteiger partial charge is 2.00 e. The minimum absolute atomic E-state index is 0. The van der Waals surface area contributed by atoms with Crippen molar-refractivity contribution in [3.05, 3.63) is 17.7 Å². The number of methoxy groups -OCH3 is 3. The van der Waals surface area contributed by atoms with E-state index in [9.17, 15) is 0 Å². The van der Waals surface area contributed by atoms with E-state index in [-0.39, 0.29) is 16.5 Å². The first-order chi connectivity index (χ1) is 17.3. The first kappa shape index (κ1) is 39.4. The molecule has 3 N–H and O–H groups in total. The molecule has 18 heteroatoms. The van der Waals surface area contributed by atoms with Gasteiger partial charge in [-0.3, -0.25) is 4.90 Å². The Morgan fingerprint density at radius 2 is 1.08 bits per heavy atom. The molecular weight excluding hydrogens is 602 g/mol. The summed E-state index contributed by atoms with van der Waals surface area (Å²) in [6.45, 7) is 9.17. The molecule has 1 aromatic carbocycles. The van der Waals surface area contributed by atoms with E-state index in [0.717, 1.165) is 71.7 Å². The summed E-state index contributed by atoms with van der Waals surface area (Å²) in [5, 5.41) is 10.5. The molecule has 38 heavy (non-hydrogen) atoms. The standard InChI is InChI=1S/C20H36N4O3.2ClHO4.Ni/c1-25-18-14-17(15-19(26-2)20(18)27-3)16-24-12-5-8-22-10-9-21-6-4-7-23-11-13-24;2*2-1(3,4)5;/h14-15,21-23H,4-13,16H2,1-3H3;2*(H,2,3,4,5);/q;;;+2/p-2. The quantitative estimate of drug-likeness (QED) is 0.253. The van der Waals surface area contributed by atoms with Crippen molar-refractivity contribution in [2.45, 2.75) is 19.4 Å². The summed E-state index contributed by atoms with van der Waals surface area (Å²) in [6.07, 6.45) is 2.29. The van der Waals surface area contributed by atoms with Gasteiger partial charge in [-0.15, -0.1) is 20.5 Å². The predicted octanol–water partition coefficient (Wildman–Crippen LogP) is -8.44. The molecule has 15 nitrogen and oxygen atoms in total. The average molecular weight is 638 g/mol. The van der Waals surface area contributed by atoms with Gasteiger partial charge in [0.1, 0.15) is 0 Å². The smallest absolute Gasteiger partial charge is 0.493 e. The summed E-state index contributed by atoms with van der Waals surface area (Å²) in [7, 11) is -4.93. The topological polar surface area (TPSA) is 252 Å². The van der Waals surface area contributed by atoms with Crippen LogP contribution in [0.3, 0.4) is 0 Å². The normalized spacial score (nSPS) is 16.3. The number of hydrogen-bond acceptors (Lipinski definition) is 15. The first-order valence-electron chi connectivity index (χ1n) is 11.1. The fraction of sp³-hybridized carbons (Fsp3) is 0.700. The van der Waals surface area contributed by atoms with Gasteiger partial charge in [0.15, 0.2) is 11.5 Å². The Hall–Kier alpha value is -0.786. The van der Waals surface area contributed by atoms with E-state index in [0.29, 0.717) is 17.2 Å². The van der Waals surface area contributed by atoms with E-state index in [1.54, 1.807) is 21.3 Å². The third kappa shape index (κ3) is 24.3. The SMILES string of the molecule is COc1cc(CN2CCCNCCNCCCNCC2)cc(OC)c1OC.[Ni+2].[O-][Cl+3]([O-])([O-])[O-].[O-][Cl+3]([O-])([O-])[O-]. The van der Waals surface area contributed by atoms with Gasteiger partial charge in [0.25, 0.3) is 0 Å². The molecule has 0 unspecified atom stereocenters. The van der Waals surface area contributed by atoms with Gasteiger partial charge in [0, 0.05) is 32.7 Å². The van der Waals surface area contributed by atoms with E-state index < -0.39 is 20.5 Å². The van der Waals surface area contributed by atoms with Crippen LogP contribution in [0.4, 0.5) is 0 Å². The van der Waals surface area contributed by atoms with Crippen molar-refractivity contribution in [3.63, 3.8) is 0 Å². The Kier molecular flexibility index (Phi) is 22.8. The molecule has 1 fully saturated rings. The number of ether oxygens (including phenoxy) is 3. The third-order valence-corrected chi connectivity index (χ3v) is 4.75. The zero-order valence-electron chi connectivity index (χ0n) is 21.4. The molecule has 0 aliphatic carbocycles. The molecule has 2 rings (SSSR count). The van der Waals surface area contributed by atoms with E-state index in [1.165, 1.54) is 5.56 Å². The average Bonchev–Trinajstić information content (AvgIpc) is 2.78. The maximum Gasteiger partial charge on any atom is 2.00 e. The Morgan fingerprint density at radius 3 is 1.50 bits per heavy atom. The number of nitrogens with zero attached hydrogens (tertiary/aromatic N) is 1. The number of rotatable bonds is 5. The second kappa shape index (κ2) is 22.0. The second-order valence-corrected chi connectivity index (χ2v) is 9.03. The molecule has 1 heterocycles. The van der Waals surface area contributed by atoms with E-state index in [1.807, 2.05) is 12.1 Å². The summed E-state index contributed by atoms with van der Waals surface area (Å²) in [4.78, 5) is 2.49. The van der Waals surface area contributed by atoms with Crippen LogP contribution in [0.15, 0.2) is 12.1 Å². The van der Waals surface area contributed by atoms with Crippen molar-refractivity contribution in [2.75, 3.05) is 73.7 Å². The molecule has 0 aromatic heterocycles. The summed E-state index contributed by atoms with van der Waals surface area (Å²) >= 11 is 0. The monoisotopic (exact) mass is 636 g/mol. The second-order valence-electron chi connectivity index (χ2n) is 7.52. The van der Waals surface area contributed by atoms with Gasteiger partial charge in [-0.05, 0) is 56.7 Å². The van der Waals surface area contributed by atoms with Crippen molar-refractivity contribution >= 4 is 0 Å². The first-order valence-corrected chi connectivity index (χ1v) is 13.6. The Labute approximate surface area is 237 Å².